The first-order valence-electron chi connectivity index (χ1n) is 11.1. The molecule has 1 aromatic carbocycles. The summed E-state index contributed by atoms with van der Waals surface area (Å²) in [6.07, 6.45) is 18.7. The van der Waals surface area contributed by atoms with E-state index in [4.69, 9.17) is 5.26 Å². The summed E-state index contributed by atoms with van der Waals surface area (Å²) in [4.78, 5) is 0. The third-order valence-corrected chi connectivity index (χ3v) is 7.15. The van der Waals surface area contributed by atoms with Gasteiger partial charge >= 0.3 is 0 Å². The molecule has 2 fully saturated rings. The first-order chi connectivity index (χ1) is 13.7. The van der Waals surface area contributed by atoms with E-state index in [1.54, 1.807) is 12.1 Å². The molecule has 1 nitrogen and oxygen atoms in total. The molecule has 0 spiro atoms. The minimum atomic E-state index is -0.745. The van der Waals surface area contributed by atoms with Gasteiger partial charge in [0.05, 0.1) is 6.07 Å². The van der Waals surface area contributed by atoms with Crippen LogP contribution in [0.1, 0.15) is 88.5 Å². The van der Waals surface area contributed by atoms with E-state index in [1.807, 2.05) is 6.08 Å². The van der Waals surface area contributed by atoms with Crippen molar-refractivity contribution in [3.8, 4) is 6.07 Å². The van der Waals surface area contributed by atoms with Crippen LogP contribution in [0.2, 0.25) is 0 Å². The first-order valence-corrected chi connectivity index (χ1v) is 11.1. The van der Waals surface area contributed by atoms with E-state index in [0.717, 1.165) is 42.6 Å². The molecule has 1 aromatic rings. The van der Waals surface area contributed by atoms with Crippen LogP contribution < -0.4 is 0 Å². The second-order valence-corrected chi connectivity index (χ2v) is 8.96. The molecular formula is C25H33F2N. The molecule has 0 amide bonds. The van der Waals surface area contributed by atoms with Gasteiger partial charge in [0.25, 0.3) is 0 Å². The van der Waals surface area contributed by atoms with Crippen molar-refractivity contribution in [2.45, 2.75) is 83.0 Å². The monoisotopic (exact) mass is 385 g/mol. The highest BCUT2D eigenvalue weighted by Gasteiger charge is 2.25. The van der Waals surface area contributed by atoms with Crippen molar-refractivity contribution in [1.29, 1.82) is 5.26 Å². The smallest absolute Gasteiger partial charge is 0.159 e. The van der Waals surface area contributed by atoms with Gasteiger partial charge in [0.1, 0.15) is 0 Å². The molecule has 0 saturated heterocycles. The predicted molar refractivity (Wildman–Crippen MR) is 110 cm³/mol. The molecule has 0 bridgehead atoms. The van der Waals surface area contributed by atoms with E-state index in [0.29, 0.717) is 5.92 Å². The fraction of sp³-hybridized carbons (Fsp3) is 0.640. The highest BCUT2D eigenvalue weighted by Crippen LogP contribution is 2.40. The van der Waals surface area contributed by atoms with E-state index < -0.39 is 11.6 Å². The molecule has 0 aromatic heterocycles. The van der Waals surface area contributed by atoms with Crippen molar-refractivity contribution >= 4 is 0 Å². The number of benzene rings is 1. The van der Waals surface area contributed by atoms with Crippen LogP contribution in [-0.4, -0.2) is 0 Å². The average molecular weight is 386 g/mol. The summed E-state index contributed by atoms with van der Waals surface area (Å²) in [7, 11) is 0. The number of rotatable bonds is 7. The molecule has 0 heterocycles. The van der Waals surface area contributed by atoms with Gasteiger partial charge in [0, 0.05) is 6.08 Å². The Morgan fingerprint density at radius 2 is 1.39 bits per heavy atom. The van der Waals surface area contributed by atoms with Crippen LogP contribution >= 0.6 is 0 Å². The van der Waals surface area contributed by atoms with E-state index in [-0.39, 0.29) is 0 Å². The third kappa shape index (κ3) is 6.16. The molecule has 0 unspecified atom stereocenters. The lowest BCUT2D eigenvalue weighted by Crippen LogP contribution is -2.18. The fourth-order valence-corrected chi connectivity index (χ4v) is 5.30. The van der Waals surface area contributed by atoms with Gasteiger partial charge in [-0.1, -0.05) is 50.7 Å². The van der Waals surface area contributed by atoms with Crippen LogP contribution in [0.4, 0.5) is 8.78 Å². The third-order valence-electron chi connectivity index (χ3n) is 7.15. The summed E-state index contributed by atoms with van der Waals surface area (Å²) in [6, 6.07) is 6.49. The maximum Gasteiger partial charge on any atom is 0.159 e. The average Bonchev–Trinajstić information content (AvgIpc) is 2.73. The second-order valence-electron chi connectivity index (χ2n) is 8.96. The number of allylic oxidation sites excluding steroid dienone is 2. The minimum Gasteiger partial charge on any atom is -0.204 e. The number of nitrogens with zero attached hydrogens (tertiary/aromatic N) is 1. The van der Waals surface area contributed by atoms with Crippen LogP contribution in [0.3, 0.4) is 0 Å². The SMILES string of the molecule is N#CC=CCCC1CCC(CCC2CCC(c3ccc(F)c(F)c3)CC2)CC1. The van der Waals surface area contributed by atoms with E-state index in [9.17, 15) is 8.78 Å². The standard InChI is InChI=1S/C25H33F2N/c26-24-16-15-23(18-25(24)27)22-13-11-21(12-14-22)10-9-20-7-5-19(6-8-20)4-2-1-3-17-28/h1,3,15-16,18-22H,2,4-14H2. The molecule has 2 aliphatic carbocycles. The summed E-state index contributed by atoms with van der Waals surface area (Å²) < 4.78 is 26.6. The fourth-order valence-electron chi connectivity index (χ4n) is 5.30. The van der Waals surface area contributed by atoms with Gasteiger partial charge in [0.2, 0.25) is 0 Å². The molecular weight excluding hydrogens is 352 g/mol. The van der Waals surface area contributed by atoms with Crippen LogP contribution in [0.25, 0.3) is 0 Å². The summed E-state index contributed by atoms with van der Waals surface area (Å²) in [5.41, 5.74) is 0.972. The summed E-state index contributed by atoms with van der Waals surface area (Å²) in [5, 5.41) is 8.53. The lowest BCUT2D eigenvalue weighted by molar-refractivity contribution is 0.225. The van der Waals surface area contributed by atoms with E-state index in [1.165, 1.54) is 69.9 Å². The Morgan fingerprint density at radius 1 is 0.821 bits per heavy atom. The largest absolute Gasteiger partial charge is 0.204 e. The van der Waals surface area contributed by atoms with Crippen molar-refractivity contribution in [1.82, 2.24) is 0 Å². The first kappa shape index (κ1) is 21.0. The summed E-state index contributed by atoms with van der Waals surface area (Å²) in [5.74, 6) is 1.51. The van der Waals surface area contributed by atoms with E-state index in [2.05, 4.69) is 6.07 Å². The van der Waals surface area contributed by atoms with Crippen LogP contribution in [-0.2, 0) is 0 Å². The quantitative estimate of drug-likeness (QED) is 0.441. The van der Waals surface area contributed by atoms with Gasteiger partial charge in [-0.25, -0.2) is 8.78 Å². The van der Waals surface area contributed by atoms with Crippen LogP contribution in [0.15, 0.2) is 30.4 Å². The zero-order valence-corrected chi connectivity index (χ0v) is 16.9. The molecule has 0 aliphatic heterocycles. The predicted octanol–water partition coefficient (Wildman–Crippen LogP) is 7.69. The molecule has 0 N–H and O–H groups in total. The molecule has 3 rings (SSSR count). The maximum atomic E-state index is 13.5. The second kappa shape index (κ2) is 10.7. The molecule has 2 aliphatic rings. The number of nitriles is 1. The number of hydrogen-bond acceptors (Lipinski definition) is 1. The Balaban J connectivity index is 1.32. The van der Waals surface area contributed by atoms with Gasteiger partial charge in [-0.05, 0) is 79.9 Å². The Morgan fingerprint density at radius 3 is 1.96 bits per heavy atom. The Labute approximate surface area is 168 Å². The topological polar surface area (TPSA) is 23.8 Å². The molecule has 28 heavy (non-hydrogen) atoms. The normalized spacial score (nSPS) is 28.3. The Bertz CT molecular complexity index is 674. The number of hydrogen-bond donors (Lipinski definition) is 0. The van der Waals surface area contributed by atoms with Gasteiger partial charge in [-0.3, -0.25) is 0 Å². The summed E-state index contributed by atoms with van der Waals surface area (Å²) >= 11 is 0. The summed E-state index contributed by atoms with van der Waals surface area (Å²) in [6.45, 7) is 0. The van der Waals surface area contributed by atoms with Crippen molar-refractivity contribution in [3.63, 3.8) is 0 Å². The zero-order valence-electron chi connectivity index (χ0n) is 16.9. The van der Waals surface area contributed by atoms with Crippen molar-refractivity contribution in [3.05, 3.63) is 47.5 Å². The Kier molecular flexibility index (Phi) is 8.07. The molecule has 0 radical (unpaired) electrons. The lowest BCUT2D eigenvalue weighted by Gasteiger charge is -2.32. The molecule has 152 valence electrons. The van der Waals surface area contributed by atoms with Crippen molar-refractivity contribution in [2.24, 2.45) is 17.8 Å². The molecule has 2 saturated carbocycles. The minimum absolute atomic E-state index is 0.400. The molecule has 3 heteroatoms. The van der Waals surface area contributed by atoms with Crippen LogP contribution in [0, 0.1) is 40.7 Å². The zero-order chi connectivity index (χ0) is 19.8. The highest BCUT2D eigenvalue weighted by molar-refractivity contribution is 5.22. The van der Waals surface area contributed by atoms with Gasteiger partial charge < -0.3 is 0 Å². The van der Waals surface area contributed by atoms with Gasteiger partial charge in [-0.2, -0.15) is 5.26 Å². The van der Waals surface area contributed by atoms with Gasteiger partial charge in [-0.15, -0.1) is 0 Å². The van der Waals surface area contributed by atoms with Crippen molar-refractivity contribution in [2.75, 3.05) is 0 Å². The highest BCUT2D eigenvalue weighted by atomic mass is 19.2. The van der Waals surface area contributed by atoms with Crippen molar-refractivity contribution < 1.29 is 8.78 Å². The Hall–Kier alpha value is -1.69. The maximum absolute atomic E-state index is 13.5. The van der Waals surface area contributed by atoms with Crippen LogP contribution in [0.5, 0.6) is 0 Å². The van der Waals surface area contributed by atoms with Gasteiger partial charge in [0.15, 0.2) is 11.6 Å². The molecule has 0 atom stereocenters. The number of halogens is 2. The van der Waals surface area contributed by atoms with E-state index >= 15 is 0 Å². The lowest BCUT2D eigenvalue weighted by atomic mass is 9.74.